The number of hydrogen-bond acceptors (Lipinski definition) is 2. The van der Waals surface area contributed by atoms with Crippen molar-refractivity contribution < 1.29 is 4.79 Å². The minimum Gasteiger partial charge on any atom is -0.354 e. The molecule has 1 amide bonds. The first kappa shape index (κ1) is 13.7. The second-order valence-corrected chi connectivity index (χ2v) is 5.18. The van der Waals surface area contributed by atoms with Crippen LogP contribution in [0.1, 0.15) is 16.3 Å². The molecule has 0 saturated carbocycles. The van der Waals surface area contributed by atoms with Crippen molar-refractivity contribution >= 4 is 28.4 Å². The van der Waals surface area contributed by atoms with E-state index in [9.17, 15) is 4.79 Å². The predicted molar refractivity (Wildman–Crippen MR) is 82.6 cm³/mol. The number of amides is 1. The van der Waals surface area contributed by atoms with Crippen LogP contribution >= 0.6 is 11.6 Å². The molecule has 0 bridgehead atoms. The number of aromatic nitrogens is 3. The molecule has 108 valence electrons. The summed E-state index contributed by atoms with van der Waals surface area (Å²) in [6, 6.07) is 7.71. The van der Waals surface area contributed by atoms with Crippen LogP contribution in [-0.2, 0) is 13.6 Å². The van der Waals surface area contributed by atoms with Crippen LogP contribution in [0.15, 0.2) is 36.7 Å². The molecule has 1 aromatic carbocycles. The summed E-state index contributed by atoms with van der Waals surface area (Å²) in [5, 5.41) is 3.99. The number of rotatable bonds is 3. The molecule has 3 aromatic rings. The van der Waals surface area contributed by atoms with E-state index < -0.39 is 0 Å². The minimum atomic E-state index is -0.203. The standard InChI is InChI=1S/C15H15ClN4O/c1-17-15(21)14-13(16)10-5-3-4-6-11(10)20(14)9-12-18-7-8-19(12)2/h3-8H,9H2,1-2H3,(H,17,21). The second-order valence-electron chi connectivity index (χ2n) is 4.80. The van der Waals surface area contributed by atoms with Gasteiger partial charge < -0.3 is 14.5 Å². The predicted octanol–water partition coefficient (Wildman–Crippen LogP) is 2.44. The summed E-state index contributed by atoms with van der Waals surface area (Å²) in [5.74, 6) is 0.656. The summed E-state index contributed by atoms with van der Waals surface area (Å²) >= 11 is 6.41. The number of nitrogens with zero attached hydrogens (tertiary/aromatic N) is 3. The van der Waals surface area contributed by atoms with Gasteiger partial charge in [-0.15, -0.1) is 0 Å². The molecule has 0 radical (unpaired) electrons. The van der Waals surface area contributed by atoms with Crippen molar-refractivity contribution in [3.8, 4) is 0 Å². The Hall–Kier alpha value is -2.27. The molecule has 3 rings (SSSR count). The van der Waals surface area contributed by atoms with Crippen LogP contribution in [0.5, 0.6) is 0 Å². The zero-order chi connectivity index (χ0) is 15.0. The average molecular weight is 303 g/mol. The molecule has 0 aliphatic carbocycles. The van der Waals surface area contributed by atoms with Gasteiger partial charge in [0.1, 0.15) is 11.5 Å². The summed E-state index contributed by atoms with van der Waals surface area (Å²) in [6.45, 7) is 0.486. The largest absolute Gasteiger partial charge is 0.354 e. The van der Waals surface area contributed by atoms with Gasteiger partial charge in [0.2, 0.25) is 0 Å². The third-order valence-corrected chi connectivity index (χ3v) is 3.95. The average Bonchev–Trinajstić information content (AvgIpc) is 3.02. The number of aryl methyl sites for hydroxylation is 1. The topological polar surface area (TPSA) is 51.9 Å². The highest BCUT2D eigenvalue weighted by Crippen LogP contribution is 2.31. The molecule has 0 fully saturated rings. The van der Waals surface area contributed by atoms with Gasteiger partial charge in [-0.2, -0.15) is 0 Å². The lowest BCUT2D eigenvalue weighted by atomic mass is 10.2. The van der Waals surface area contributed by atoms with Crippen molar-refractivity contribution in [2.24, 2.45) is 7.05 Å². The first-order valence-corrected chi connectivity index (χ1v) is 6.96. The van der Waals surface area contributed by atoms with Crippen LogP contribution in [0.25, 0.3) is 10.9 Å². The van der Waals surface area contributed by atoms with E-state index in [1.54, 1.807) is 13.2 Å². The monoisotopic (exact) mass is 302 g/mol. The summed E-state index contributed by atoms with van der Waals surface area (Å²) < 4.78 is 3.83. The van der Waals surface area contributed by atoms with Crippen molar-refractivity contribution in [2.45, 2.75) is 6.54 Å². The lowest BCUT2D eigenvalue weighted by molar-refractivity contribution is 0.0955. The van der Waals surface area contributed by atoms with Crippen molar-refractivity contribution in [1.82, 2.24) is 19.4 Å². The number of carbonyl (C=O) groups excluding carboxylic acids is 1. The van der Waals surface area contributed by atoms with Crippen molar-refractivity contribution in [3.05, 3.63) is 53.2 Å². The molecule has 1 N–H and O–H groups in total. The lowest BCUT2D eigenvalue weighted by Gasteiger charge is -2.10. The summed E-state index contributed by atoms with van der Waals surface area (Å²) in [5.41, 5.74) is 1.38. The molecular weight excluding hydrogens is 288 g/mol. The van der Waals surface area contributed by atoms with Crippen molar-refractivity contribution in [2.75, 3.05) is 7.05 Å². The van der Waals surface area contributed by atoms with E-state index >= 15 is 0 Å². The smallest absolute Gasteiger partial charge is 0.269 e. The zero-order valence-electron chi connectivity index (χ0n) is 11.8. The molecular formula is C15H15ClN4O. The molecule has 6 heteroatoms. The van der Waals surface area contributed by atoms with E-state index in [1.807, 2.05) is 46.6 Å². The number of nitrogens with one attached hydrogen (secondary N) is 1. The van der Waals surface area contributed by atoms with E-state index in [0.717, 1.165) is 16.7 Å². The molecule has 0 aliphatic heterocycles. The fourth-order valence-corrected chi connectivity index (χ4v) is 2.80. The van der Waals surface area contributed by atoms with Gasteiger partial charge >= 0.3 is 0 Å². The Bertz CT molecular complexity index is 818. The molecule has 21 heavy (non-hydrogen) atoms. The van der Waals surface area contributed by atoms with Gasteiger partial charge in [-0.3, -0.25) is 4.79 Å². The SMILES string of the molecule is CNC(=O)c1c(Cl)c2ccccc2n1Cc1nccn1C. The highest BCUT2D eigenvalue weighted by molar-refractivity contribution is 6.38. The van der Waals surface area contributed by atoms with E-state index in [-0.39, 0.29) is 5.91 Å². The molecule has 5 nitrogen and oxygen atoms in total. The van der Waals surface area contributed by atoms with E-state index in [1.165, 1.54) is 0 Å². The van der Waals surface area contributed by atoms with Gasteiger partial charge in [-0.05, 0) is 6.07 Å². The number of carbonyl (C=O) groups is 1. The number of benzene rings is 1. The normalized spacial score (nSPS) is 11.0. The molecule has 0 atom stereocenters. The van der Waals surface area contributed by atoms with Crippen molar-refractivity contribution in [3.63, 3.8) is 0 Å². The van der Waals surface area contributed by atoms with Gasteiger partial charge in [-0.1, -0.05) is 29.8 Å². The Kier molecular flexibility index (Phi) is 3.43. The third kappa shape index (κ3) is 2.19. The van der Waals surface area contributed by atoms with E-state index in [2.05, 4.69) is 10.3 Å². The van der Waals surface area contributed by atoms with Crippen LogP contribution in [0.3, 0.4) is 0 Å². The van der Waals surface area contributed by atoms with Crippen LogP contribution in [0.2, 0.25) is 5.02 Å². The molecule has 0 saturated heterocycles. The van der Waals surface area contributed by atoms with Crippen LogP contribution in [-0.4, -0.2) is 27.1 Å². The van der Waals surface area contributed by atoms with Gasteiger partial charge in [0.25, 0.3) is 5.91 Å². The van der Waals surface area contributed by atoms with E-state index in [0.29, 0.717) is 17.3 Å². The van der Waals surface area contributed by atoms with Gasteiger partial charge in [-0.25, -0.2) is 4.98 Å². The van der Waals surface area contributed by atoms with Gasteiger partial charge in [0.05, 0.1) is 17.1 Å². The third-order valence-electron chi connectivity index (χ3n) is 3.57. The van der Waals surface area contributed by atoms with Gasteiger partial charge in [0, 0.05) is 31.9 Å². The Morgan fingerprint density at radius 1 is 1.38 bits per heavy atom. The summed E-state index contributed by atoms with van der Waals surface area (Å²) in [4.78, 5) is 16.5. The maximum Gasteiger partial charge on any atom is 0.269 e. The van der Waals surface area contributed by atoms with E-state index in [4.69, 9.17) is 11.6 Å². The Morgan fingerprint density at radius 2 is 2.14 bits per heavy atom. The molecule has 0 unspecified atom stereocenters. The highest BCUT2D eigenvalue weighted by Gasteiger charge is 2.21. The first-order chi connectivity index (χ1) is 10.1. The molecule has 0 aliphatic rings. The van der Waals surface area contributed by atoms with Crippen LogP contribution in [0, 0.1) is 0 Å². The minimum absolute atomic E-state index is 0.203. The number of hydrogen-bond donors (Lipinski definition) is 1. The van der Waals surface area contributed by atoms with Crippen molar-refractivity contribution in [1.29, 1.82) is 0 Å². The van der Waals surface area contributed by atoms with Crippen LogP contribution < -0.4 is 5.32 Å². The number of halogens is 1. The fraction of sp³-hybridized carbons (Fsp3) is 0.200. The number of para-hydroxylation sites is 1. The van der Waals surface area contributed by atoms with Crippen LogP contribution in [0.4, 0.5) is 0 Å². The Labute approximate surface area is 127 Å². The highest BCUT2D eigenvalue weighted by atomic mass is 35.5. The zero-order valence-corrected chi connectivity index (χ0v) is 12.6. The maximum absolute atomic E-state index is 12.2. The molecule has 2 aromatic heterocycles. The fourth-order valence-electron chi connectivity index (χ4n) is 2.46. The number of imidazole rings is 1. The second kappa shape index (κ2) is 5.26. The Balaban J connectivity index is 2.23. The molecule has 0 spiro atoms. The summed E-state index contributed by atoms with van der Waals surface area (Å²) in [7, 11) is 3.52. The quantitative estimate of drug-likeness (QED) is 0.808. The van der Waals surface area contributed by atoms with Gasteiger partial charge in [0.15, 0.2) is 0 Å². The summed E-state index contributed by atoms with van der Waals surface area (Å²) in [6.07, 6.45) is 3.62. The lowest BCUT2D eigenvalue weighted by Crippen LogP contribution is -2.23. The number of fused-ring (bicyclic) bond motifs is 1. The molecule has 2 heterocycles. The Morgan fingerprint density at radius 3 is 2.81 bits per heavy atom. The first-order valence-electron chi connectivity index (χ1n) is 6.58. The maximum atomic E-state index is 12.2.